The molecule has 0 aliphatic heterocycles. The van der Waals surface area contributed by atoms with Crippen LogP contribution in [0.2, 0.25) is 10.0 Å². The minimum Gasteiger partial charge on any atom is -0.439 e. The lowest BCUT2D eigenvalue weighted by molar-refractivity contribution is 0.459. The molecule has 1 aromatic carbocycles. The number of ether oxygens (including phenoxy) is 1. The van der Waals surface area contributed by atoms with Crippen molar-refractivity contribution in [2.45, 2.75) is 19.8 Å². The molecule has 0 saturated heterocycles. The quantitative estimate of drug-likeness (QED) is 0.648. The molecule has 0 radical (unpaired) electrons. The van der Waals surface area contributed by atoms with Crippen LogP contribution in [0.5, 0.6) is 11.6 Å². The topological polar surface area (TPSA) is 73.1 Å². The number of benzene rings is 1. The van der Waals surface area contributed by atoms with E-state index in [1.54, 1.807) is 24.3 Å². The van der Waals surface area contributed by atoms with Crippen LogP contribution in [0.4, 0.5) is 5.82 Å². The summed E-state index contributed by atoms with van der Waals surface area (Å²) >= 11 is 11.9. The van der Waals surface area contributed by atoms with Crippen molar-refractivity contribution in [1.29, 1.82) is 0 Å². The van der Waals surface area contributed by atoms with Crippen LogP contribution in [0.3, 0.4) is 0 Å². The zero-order valence-corrected chi connectivity index (χ0v) is 12.4. The first-order valence-corrected chi connectivity index (χ1v) is 6.85. The molecule has 1 aromatic heterocycles. The lowest BCUT2D eigenvalue weighted by Crippen LogP contribution is -2.10. The van der Waals surface area contributed by atoms with Crippen LogP contribution in [-0.2, 0) is 6.42 Å². The Labute approximate surface area is 127 Å². The zero-order chi connectivity index (χ0) is 14.5. The molecule has 0 saturated carbocycles. The van der Waals surface area contributed by atoms with Gasteiger partial charge in [-0.05, 0) is 24.6 Å². The van der Waals surface area contributed by atoms with Crippen molar-refractivity contribution >= 4 is 29.0 Å². The van der Waals surface area contributed by atoms with E-state index in [4.69, 9.17) is 33.8 Å². The first-order valence-electron chi connectivity index (χ1n) is 6.09. The molecule has 0 amide bonds. The minimum atomic E-state index is 0.384. The lowest BCUT2D eigenvalue weighted by atomic mass is 10.3. The second-order valence-corrected chi connectivity index (χ2v) is 4.98. The fourth-order valence-electron chi connectivity index (χ4n) is 1.64. The fraction of sp³-hybridized carbons (Fsp3) is 0.231. The Morgan fingerprint density at radius 1 is 1.15 bits per heavy atom. The van der Waals surface area contributed by atoms with Crippen molar-refractivity contribution in [3.8, 4) is 11.6 Å². The number of nitrogens with two attached hydrogens (primary N) is 1. The molecule has 0 aliphatic rings. The van der Waals surface area contributed by atoms with Crippen molar-refractivity contribution in [2.75, 3.05) is 5.43 Å². The van der Waals surface area contributed by atoms with E-state index in [0.29, 0.717) is 33.3 Å². The van der Waals surface area contributed by atoms with Gasteiger partial charge in [-0.25, -0.2) is 10.8 Å². The second kappa shape index (κ2) is 6.74. The van der Waals surface area contributed by atoms with E-state index in [-0.39, 0.29) is 0 Å². The summed E-state index contributed by atoms with van der Waals surface area (Å²) in [7, 11) is 0. The van der Waals surface area contributed by atoms with Gasteiger partial charge in [-0.3, -0.25) is 0 Å². The van der Waals surface area contributed by atoms with E-state index in [0.717, 1.165) is 12.8 Å². The number of aryl methyl sites for hydroxylation is 1. The summed E-state index contributed by atoms with van der Waals surface area (Å²) in [4.78, 5) is 8.55. The van der Waals surface area contributed by atoms with E-state index in [1.807, 2.05) is 6.92 Å². The minimum absolute atomic E-state index is 0.384. The van der Waals surface area contributed by atoms with Gasteiger partial charge in [0.05, 0.1) is 0 Å². The number of hydrogen-bond donors (Lipinski definition) is 2. The molecule has 1 heterocycles. The molecule has 0 fully saturated rings. The first kappa shape index (κ1) is 14.8. The molecule has 106 valence electrons. The molecule has 0 atom stereocenters. The summed E-state index contributed by atoms with van der Waals surface area (Å²) in [6, 6.07) is 6.55. The van der Waals surface area contributed by atoms with Gasteiger partial charge in [0, 0.05) is 22.5 Å². The van der Waals surface area contributed by atoms with Crippen molar-refractivity contribution < 1.29 is 4.74 Å². The SMILES string of the molecule is CCCc1nc(NN)cc(Oc2cc(Cl)cc(Cl)c2)n1. The molecule has 5 nitrogen and oxygen atoms in total. The highest BCUT2D eigenvalue weighted by atomic mass is 35.5. The first-order chi connectivity index (χ1) is 9.60. The van der Waals surface area contributed by atoms with Gasteiger partial charge in [-0.1, -0.05) is 30.1 Å². The maximum absolute atomic E-state index is 5.93. The maximum Gasteiger partial charge on any atom is 0.224 e. The number of hydrazine groups is 1. The van der Waals surface area contributed by atoms with Crippen LogP contribution in [0, 0.1) is 0 Å². The third-order valence-corrected chi connectivity index (χ3v) is 2.87. The standard InChI is InChI=1S/C13H14Cl2N4O/c1-2-3-11-17-12(19-16)7-13(18-11)20-10-5-8(14)4-9(15)6-10/h4-7H,2-3,16H2,1H3,(H,17,18,19). The van der Waals surface area contributed by atoms with Gasteiger partial charge in [0.25, 0.3) is 0 Å². The van der Waals surface area contributed by atoms with Gasteiger partial charge >= 0.3 is 0 Å². The number of nitrogen functional groups attached to an aromatic ring is 1. The van der Waals surface area contributed by atoms with Gasteiger partial charge in [0.15, 0.2) is 0 Å². The molecule has 3 N–H and O–H groups in total. The van der Waals surface area contributed by atoms with E-state index in [2.05, 4.69) is 15.4 Å². The molecule has 0 spiro atoms. The van der Waals surface area contributed by atoms with Crippen LogP contribution >= 0.6 is 23.2 Å². The Balaban J connectivity index is 2.29. The Kier molecular flexibility index (Phi) is 5.00. The van der Waals surface area contributed by atoms with E-state index in [1.165, 1.54) is 0 Å². The average molecular weight is 313 g/mol. The third kappa shape index (κ3) is 3.96. The summed E-state index contributed by atoms with van der Waals surface area (Å²) < 4.78 is 5.65. The molecule has 0 bridgehead atoms. The number of aromatic nitrogens is 2. The van der Waals surface area contributed by atoms with Gasteiger partial charge in [0.2, 0.25) is 5.88 Å². The summed E-state index contributed by atoms with van der Waals surface area (Å²) in [6.07, 6.45) is 1.67. The van der Waals surface area contributed by atoms with Gasteiger partial charge in [0.1, 0.15) is 17.4 Å². The molecule has 7 heteroatoms. The Morgan fingerprint density at radius 2 is 1.85 bits per heavy atom. The number of nitrogens with one attached hydrogen (secondary N) is 1. The van der Waals surface area contributed by atoms with E-state index >= 15 is 0 Å². The van der Waals surface area contributed by atoms with E-state index < -0.39 is 0 Å². The number of anilines is 1. The van der Waals surface area contributed by atoms with Crippen LogP contribution in [0.1, 0.15) is 19.2 Å². The summed E-state index contributed by atoms with van der Waals surface area (Å²) in [5.74, 6) is 7.43. The van der Waals surface area contributed by atoms with Crippen molar-refractivity contribution in [1.82, 2.24) is 9.97 Å². The summed E-state index contributed by atoms with van der Waals surface area (Å²) in [6.45, 7) is 2.04. The normalized spacial score (nSPS) is 10.4. The Morgan fingerprint density at radius 3 is 2.45 bits per heavy atom. The van der Waals surface area contributed by atoms with Gasteiger partial charge in [-0.15, -0.1) is 0 Å². The second-order valence-electron chi connectivity index (χ2n) is 4.11. The number of nitrogens with zero attached hydrogens (tertiary/aromatic N) is 2. The lowest BCUT2D eigenvalue weighted by Gasteiger charge is -2.09. The van der Waals surface area contributed by atoms with Crippen molar-refractivity contribution in [3.63, 3.8) is 0 Å². The molecule has 0 aliphatic carbocycles. The monoisotopic (exact) mass is 312 g/mol. The highest BCUT2D eigenvalue weighted by molar-refractivity contribution is 6.34. The van der Waals surface area contributed by atoms with Crippen LogP contribution in [0.15, 0.2) is 24.3 Å². The van der Waals surface area contributed by atoms with Crippen LogP contribution in [-0.4, -0.2) is 9.97 Å². The van der Waals surface area contributed by atoms with E-state index in [9.17, 15) is 0 Å². The molecular formula is C13H14Cl2N4O. The fourth-order valence-corrected chi connectivity index (χ4v) is 2.15. The van der Waals surface area contributed by atoms with Crippen molar-refractivity contribution in [2.24, 2.45) is 5.84 Å². The zero-order valence-electron chi connectivity index (χ0n) is 10.9. The number of halogens is 2. The van der Waals surface area contributed by atoms with Crippen LogP contribution < -0.4 is 16.0 Å². The summed E-state index contributed by atoms with van der Waals surface area (Å²) in [5, 5.41) is 0.986. The van der Waals surface area contributed by atoms with Gasteiger partial charge < -0.3 is 10.2 Å². The predicted octanol–water partition coefficient (Wildman–Crippen LogP) is 3.81. The van der Waals surface area contributed by atoms with Crippen molar-refractivity contribution in [3.05, 3.63) is 40.1 Å². The molecule has 2 rings (SSSR count). The molecular weight excluding hydrogens is 299 g/mol. The highest BCUT2D eigenvalue weighted by Gasteiger charge is 2.07. The largest absolute Gasteiger partial charge is 0.439 e. The predicted molar refractivity (Wildman–Crippen MR) is 80.4 cm³/mol. The van der Waals surface area contributed by atoms with Gasteiger partial charge in [-0.2, -0.15) is 4.98 Å². The molecule has 20 heavy (non-hydrogen) atoms. The Bertz CT molecular complexity index is 587. The number of hydrogen-bond acceptors (Lipinski definition) is 5. The number of rotatable bonds is 5. The molecule has 0 unspecified atom stereocenters. The highest BCUT2D eigenvalue weighted by Crippen LogP contribution is 2.28. The molecule has 2 aromatic rings. The summed E-state index contributed by atoms with van der Waals surface area (Å²) in [5.41, 5.74) is 2.49. The Hall–Kier alpha value is -1.56. The smallest absolute Gasteiger partial charge is 0.224 e. The average Bonchev–Trinajstić information content (AvgIpc) is 2.37. The van der Waals surface area contributed by atoms with Crippen LogP contribution in [0.25, 0.3) is 0 Å². The maximum atomic E-state index is 5.93. The third-order valence-electron chi connectivity index (χ3n) is 2.43.